The number of halogens is 13. The zero-order valence-electron chi connectivity index (χ0n) is 13.0. The summed E-state index contributed by atoms with van der Waals surface area (Å²) in [6.07, 6.45) is -10.5. The average molecular weight is 468 g/mol. The minimum Gasteiger partial charge on any atom is -1.00 e. The van der Waals surface area contributed by atoms with Gasteiger partial charge in [0.2, 0.25) is 0 Å². The fourth-order valence-electron chi connectivity index (χ4n) is 1.22. The first-order chi connectivity index (χ1) is 10.5. The predicted octanol–water partition coefficient (Wildman–Crippen LogP) is 1.12. The Balaban J connectivity index is -0.00000288. The van der Waals surface area contributed by atoms with E-state index in [4.69, 9.17) is 4.55 Å². The molecule has 0 rings (SSSR count). The van der Waals surface area contributed by atoms with Crippen LogP contribution in [0.2, 0.25) is 0 Å². The predicted molar refractivity (Wildman–Crippen MR) is 52.9 cm³/mol. The van der Waals surface area contributed by atoms with Crippen LogP contribution in [0.25, 0.3) is 0 Å². The summed E-state index contributed by atoms with van der Waals surface area (Å²) in [4.78, 5) is 0. The summed E-state index contributed by atoms with van der Waals surface area (Å²) in [5, 5.41) is 0. The maximum absolute atomic E-state index is 13.0. The van der Waals surface area contributed by atoms with Crippen molar-refractivity contribution in [2.24, 2.45) is 0 Å². The summed E-state index contributed by atoms with van der Waals surface area (Å²) < 4.78 is 192. The maximum Gasteiger partial charge on any atom is 1.00 e. The molecular formula is C8H6F13KO3S. The van der Waals surface area contributed by atoms with Crippen molar-refractivity contribution in [2.75, 3.05) is 5.75 Å². The molecule has 0 amide bonds. The Morgan fingerprint density at radius 2 is 0.962 bits per heavy atom. The van der Waals surface area contributed by atoms with E-state index in [0.29, 0.717) is 0 Å². The van der Waals surface area contributed by atoms with E-state index in [0.717, 1.165) is 0 Å². The smallest absolute Gasteiger partial charge is 1.00 e. The molecule has 1 N–H and O–H groups in total. The third kappa shape index (κ3) is 4.97. The third-order valence-electron chi connectivity index (χ3n) is 2.67. The van der Waals surface area contributed by atoms with Crippen LogP contribution < -0.4 is 51.4 Å². The SMILES string of the molecule is O=S(=O)(O)CCC(F)(F)C(F)(F)C(F)(F)C(F)(F)C(F)(F)C(F)(F)F.[H-].[K+]. The zero-order valence-corrected chi connectivity index (χ0v) is 15.9. The van der Waals surface area contributed by atoms with Crippen molar-refractivity contribution in [1.29, 1.82) is 0 Å². The molecule has 0 unspecified atom stereocenters. The Kier molecular flexibility index (Phi) is 8.66. The van der Waals surface area contributed by atoms with Crippen molar-refractivity contribution >= 4 is 10.1 Å². The van der Waals surface area contributed by atoms with Gasteiger partial charge in [0, 0.05) is 6.42 Å². The zero-order chi connectivity index (χ0) is 20.9. The van der Waals surface area contributed by atoms with Gasteiger partial charge in [0.25, 0.3) is 10.1 Å². The summed E-state index contributed by atoms with van der Waals surface area (Å²) in [7, 11) is -5.52. The van der Waals surface area contributed by atoms with Crippen LogP contribution in [0.5, 0.6) is 0 Å². The van der Waals surface area contributed by atoms with E-state index in [9.17, 15) is 65.5 Å². The van der Waals surface area contributed by atoms with E-state index >= 15 is 0 Å². The van der Waals surface area contributed by atoms with E-state index in [2.05, 4.69) is 0 Å². The van der Waals surface area contributed by atoms with Gasteiger partial charge in [0.05, 0.1) is 5.75 Å². The minimum atomic E-state index is -8.04. The molecule has 0 aliphatic heterocycles. The maximum atomic E-state index is 13.0. The van der Waals surface area contributed by atoms with Crippen LogP contribution in [0.1, 0.15) is 7.85 Å². The first kappa shape index (κ1) is 28.8. The largest absolute Gasteiger partial charge is 1.00 e. The van der Waals surface area contributed by atoms with Crippen molar-refractivity contribution in [2.45, 2.75) is 42.2 Å². The normalized spacial score (nSPS) is 15.6. The molecule has 154 valence electrons. The van der Waals surface area contributed by atoms with Crippen molar-refractivity contribution in [3.8, 4) is 0 Å². The topological polar surface area (TPSA) is 54.4 Å². The molecule has 0 aromatic carbocycles. The summed E-state index contributed by atoms with van der Waals surface area (Å²) in [5.74, 6) is -40.3. The minimum absolute atomic E-state index is 0. The Hall–Kier alpha value is 0.636. The second-order valence-corrected chi connectivity index (χ2v) is 6.11. The fourth-order valence-corrected chi connectivity index (χ4v) is 1.73. The molecule has 3 nitrogen and oxygen atoms in total. The van der Waals surface area contributed by atoms with Gasteiger partial charge in [-0.15, -0.1) is 0 Å². The van der Waals surface area contributed by atoms with E-state index in [1.807, 2.05) is 0 Å². The van der Waals surface area contributed by atoms with Crippen LogP contribution in [0, 0.1) is 0 Å². The molecule has 0 radical (unpaired) electrons. The Morgan fingerprint density at radius 3 is 1.23 bits per heavy atom. The second kappa shape index (κ2) is 7.81. The van der Waals surface area contributed by atoms with Gasteiger partial charge >= 0.3 is 87.2 Å². The molecule has 0 saturated carbocycles. The molecule has 0 saturated heterocycles. The molecule has 0 aromatic heterocycles. The monoisotopic (exact) mass is 468 g/mol. The molecule has 0 aliphatic carbocycles. The van der Waals surface area contributed by atoms with Crippen LogP contribution in [-0.2, 0) is 10.1 Å². The fraction of sp³-hybridized carbons (Fsp3) is 1.00. The Labute approximate surface area is 179 Å². The average Bonchev–Trinajstić information content (AvgIpc) is 2.33. The van der Waals surface area contributed by atoms with Gasteiger partial charge in [0.15, 0.2) is 0 Å². The van der Waals surface area contributed by atoms with Gasteiger partial charge < -0.3 is 1.43 Å². The van der Waals surface area contributed by atoms with Gasteiger partial charge in [-0.25, -0.2) is 0 Å². The molecule has 0 aromatic rings. The summed E-state index contributed by atoms with van der Waals surface area (Å²) in [6.45, 7) is 0. The van der Waals surface area contributed by atoms with Crippen molar-refractivity contribution in [3.63, 3.8) is 0 Å². The number of alkyl halides is 13. The Bertz CT molecular complexity index is 603. The van der Waals surface area contributed by atoms with Crippen LogP contribution in [0.15, 0.2) is 0 Å². The molecule has 0 aliphatic rings. The summed E-state index contributed by atoms with van der Waals surface area (Å²) in [5.41, 5.74) is 0. The van der Waals surface area contributed by atoms with Gasteiger partial charge in [-0.1, -0.05) is 0 Å². The van der Waals surface area contributed by atoms with E-state index < -0.39 is 58.1 Å². The first-order valence-electron chi connectivity index (χ1n) is 5.36. The van der Waals surface area contributed by atoms with Crippen molar-refractivity contribution < 1.29 is 123 Å². The molecule has 18 heteroatoms. The van der Waals surface area contributed by atoms with Gasteiger partial charge in [-0.3, -0.25) is 4.55 Å². The summed E-state index contributed by atoms with van der Waals surface area (Å²) >= 11 is 0. The number of hydrogen-bond acceptors (Lipinski definition) is 2. The van der Waals surface area contributed by atoms with E-state index in [-0.39, 0.29) is 52.8 Å². The Morgan fingerprint density at radius 1 is 0.654 bits per heavy atom. The van der Waals surface area contributed by atoms with Crippen molar-refractivity contribution in [1.82, 2.24) is 0 Å². The van der Waals surface area contributed by atoms with Crippen molar-refractivity contribution in [3.05, 3.63) is 0 Å². The second-order valence-electron chi connectivity index (χ2n) is 4.54. The van der Waals surface area contributed by atoms with E-state index in [1.165, 1.54) is 0 Å². The van der Waals surface area contributed by atoms with Crippen LogP contribution >= 0.6 is 0 Å². The number of hydrogen-bond donors (Lipinski definition) is 1. The summed E-state index contributed by atoms with van der Waals surface area (Å²) in [6, 6.07) is 0. The molecule has 0 fully saturated rings. The standard InChI is InChI=1S/C8H5F13O3S.K.H/c9-3(10,1-2-25(22,23)24)4(11,12)5(13,14)6(15,16)7(17,18)8(19,20)21;;/h1-2H2,(H,22,23,24);;/q;+1;-1. The number of rotatable bonds is 7. The molecule has 0 bridgehead atoms. The van der Waals surface area contributed by atoms with E-state index in [1.54, 1.807) is 0 Å². The van der Waals surface area contributed by atoms with Crippen LogP contribution in [0.4, 0.5) is 57.1 Å². The van der Waals surface area contributed by atoms with Gasteiger partial charge in [0.1, 0.15) is 0 Å². The van der Waals surface area contributed by atoms with Crippen LogP contribution in [0.3, 0.4) is 0 Å². The quantitative estimate of drug-likeness (QED) is 0.346. The third-order valence-corrected chi connectivity index (χ3v) is 3.39. The molecule has 0 spiro atoms. The van der Waals surface area contributed by atoms with Gasteiger partial charge in [-0.05, 0) is 0 Å². The molecule has 0 heterocycles. The molecule has 0 atom stereocenters. The van der Waals surface area contributed by atoms with Gasteiger partial charge in [-0.2, -0.15) is 65.5 Å². The molecule has 26 heavy (non-hydrogen) atoms. The molecular weight excluding hydrogens is 462 g/mol. The van der Waals surface area contributed by atoms with Crippen LogP contribution in [-0.4, -0.2) is 54.5 Å². The first-order valence-corrected chi connectivity index (χ1v) is 6.97.